The Balaban J connectivity index is 1.76. The van der Waals surface area contributed by atoms with Crippen LogP contribution in [0.4, 0.5) is 0 Å². The molecule has 5 rings (SSSR count). The van der Waals surface area contributed by atoms with Gasteiger partial charge in [0.2, 0.25) is 14.3 Å². The summed E-state index contributed by atoms with van der Waals surface area (Å²) in [6.45, 7) is 0. The Morgan fingerprint density at radius 1 is 0.412 bits per heavy atom. The van der Waals surface area contributed by atoms with Crippen molar-refractivity contribution >= 4 is 46.6 Å². The molecule has 0 amide bonds. The average Bonchev–Trinajstić information content (AvgIpc) is 2.94. The Labute approximate surface area is 197 Å². The summed E-state index contributed by atoms with van der Waals surface area (Å²) in [6, 6.07) is 28.3. The fraction of sp³-hybridized carbons (Fsp3) is 0. The van der Waals surface area contributed by atoms with Gasteiger partial charge in [-0.25, -0.2) is 0 Å². The van der Waals surface area contributed by atoms with E-state index in [4.69, 9.17) is 0 Å². The minimum Gasteiger partial charge on any atom is -0.305 e. The Kier molecular flexibility index (Phi) is 6.02. The molecule has 0 aliphatic carbocycles. The molecule has 166 valence electrons. The van der Waals surface area contributed by atoms with Crippen molar-refractivity contribution in [1.82, 2.24) is 19.9 Å². The van der Waals surface area contributed by atoms with Crippen LogP contribution < -0.4 is 32.3 Å². The third-order valence-corrected chi connectivity index (χ3v) is 11.1. The van der Waals surface area contributed by atoms with Crippen LogP contribution in [0.1, 0.15) is 0 Å². The normalized spacial score (nSPS) is 11.8. The number of pyridine rings is 4. The topological polar surface area (TPSA) is 85.7 Å². The van der Waals surface area contributed by atoms with Crippen LogP contribution >= 0.6 is 14.3 Å². The number of benzene rings is 1. The first kappa shape index (κ1) is 22.1. The molecule has 0 aliphatic heterocycles. The molecule has 34 heavy (non-hydrogen) atoms. The van der Waals surface area contributed by atoms with Gasteiger partial charge in [-0.05, 0) is 54.6 Å². The van der Waals surface area contributed by atoms with E-state index in [0.29, 0.717) is 32.3 Å². The van der Waals surface area contributed by atoms with Gasteiger partial charge in [0.1, 0.15) is 21.7 Å². The van der Waals surface area contributed by atoms with Crippen molar-refractivity contribution in [2.24, 2.45) is 0 Å². The monoisotopic (exact) mass is 482 g/mol. The largest absolute Gasteiger partial charge is 0.305 e. The molecule has 0 bridgehead atoms. The van der Waals surface area contributed by atoms with Crippen LogP contribution in [0.25, 0.3) is 0 Å². The molecule has 1 aromatic carbocycles. The molecule has 4 aromatic heterocycles. The molecule has 5 aromatic rings. The fourth-order valence-electron chi connectivity index (χ4n) is 3.81. The van der Waals surface area contributed by atoms with Crippen molar-refractivity contribution in [2.45, 2.75) is 0 Å². The van der Waals surface area contributed by atoms with E-state index >= 15 is 0 Å². The summed E-state index contributed by atoms with van der Waals surface area (Å²) in [6.07, 6.45) is 6.45. The lowest BCUT2D eigenvalue weighted by atomic mass is 10.4. The molecule has 0 atom stereocenters. The molecule has 0 saturated heterocycles. The lowest BCUT2D eigenvalue weighted by molar-refractivity contribution is 0.591. The van der Waals surface area contributed by atoms with Gasteiger partial charge in [0, 0.05) is 35.4 Å². The predicted octanol–water partition coefficient (Wildman–Crippen LogP) is 2.55. The molecule has 8 heteroatoms. The summed E-state index contributed by atoms with van der Waals surface area (Å²) in [5.41, 5.74) is 1.65. The number of hydrogen-bond donors (Lipinski definition) is 0. The molecule has 0 aliphatic rings. The second-order valence-electron chi connectivity index (χ2n) is 7.49. The first-order valence-electron chi connectivity index (χ1n) is 10.6. The van der Waals surface area contributed by atoms with Crippen LogP contribution in [0.2, 0.25) is 0 Å². The zero-order valence-corrected chi connectivity index (χ0v) is 19.8. The lowest BCUT2D eigenvalue weighted by Gasteiger charge is -2.21. The van der Waals surface area contributed by atoms with Crippen LogP contribution in [0.5, 0.6) is 0 Å². The van der Waals surface area contributed by atoms with E-state index in [1.165, 1.54) is 0 Å². The molecule has 0 radical (unpaired) electrons. The van der Waals surface area contributed by atoms with Gasteiger partial charge >= 0.3 is 0 Å². The molecule has 0 spiro atoms. The summed E-state index contributed by atoms with van der Waals surface area (Å²) in [4.78, 5) is 17.7. The Hall–Kier alpha value is -3.72. The number of hydrogen-bond acceptors (Lipinski definition) is 6. The summed E-state index contributed by atoms with van der Waals surface area (Å²) >= 11 is 0. The molecule has 4 heterocycles. The van der Waals surface area contributed by atoms with Gasteiger partial charge < -0.3 is 9.13 Å². The third-order valence-electron chi connectivity index (χ3n) is 5.44. The van der Waals surface area contributed by atoms with Crippen molar-refractivity contribution in [3.8, 4) is 0 Å². The molecule has 0 unspecified atom stereocenters. The standard InChI is InChI=1S/C26H20N4O2P2/c31-33(23-12-1-5-16-27-23,24-13-2-6-17-28-24)21-10-9-11-22(20-21)34(32,25-14-3-7-18-29-25)26-15-4-8-19-30-26/h1-20H. The predicted molar refractivity (Wildman–Crippen MR) is 136 cm³/mol. The van der Waals surface area contributed by atoms with Crippen molar-refractivity contribution in [3.05, 3.63) is 122 Å². The van der Waals surface area contributed by atoms with Crippen molar-refractivity contribution in [1.29, 1.82) is 0 Å². The number of nitrogens with zero attached hydrogens (tertiary/aromatic N) is 4. The highest BCUT2D eigenvalue weighted by molar-refractivity contribution is 7.86. The summed E-state index contributed by atoms with van der Waals surface area (Å²) in [7, 11) is -6.88. The third kappa shape index (κ3) is 3.81. The molecule has 0 N–H and O–H groups in total. The maximum atomic E-state index is 14.7. The van der Waals surface area contributed by atoms with Crippen LogP contribution in [0.15, 0.2) is 122 Å². The van der Waals surface area contributed by atoms with Gasteiger partial charge in [0.15, 0.2) is 0 Å². The van der Waals surface area contributed by atoms with E-state index < -0.39 is 14.3 Å². The quantitative estimate of drug-likeness (QED) is 0.346. The zero-order chi connectivity index (χ0) is 23.4. The highest BCUT2D eigenvalue weighted by atomic mass is 31.2. The minimum absolute atomic E-state index is 0.413. The van der Waals surface area contributed by atoms with E-state index in [-0.39, 0.29) is 0 Å². The van der Waals surface area contributed by atoms with Gasteiger partial charge in [-0.1, -0.05) is 42.5 Å². The zero-order valence-electron chi connectivity index (χ0n) is 18.0. The molecule has 0 saturated carbocycles. The second kappa shape index (κ2) is 9.26. The molecular formula is C26H20N4O2P2. The van der Waals surface area contributed by atoms with E-state index in [0.717, 1.165) is 0 Å². The first-order chi connectivity index (χ1) is 16.6. The number of rotatable bonds is 6. The van der Waals surface area contributed by atoms with E-state index in [1.807, 2.05) is 0 Å². The first-order valence-corrected chi connectivity index (χ1v) is 14.0. The highest BCUT2D eigenvalue weighted by Gasteiger charge is 2.37. The SMILES string of the molecule is O=P(c1cccc(P(=O)(c2ccccn2)c2ccccn2)c1)(c1ccccn1)c1ccccn1. The van der Waals surface area contributed by atoms with Gasteiger partial charge in [-0.2, -0.15) is 0 Å². The number of aromatic nitrogens is 4. The summed E-state index contributed by atoms with van der Waals surface area (Å²) in [5, 5.41) is 0.990. The summed E-state index contributed by atoms with van der Waals surface area (Å²) < 4.78 is 29.4. The van der Waals surface area contributed by atoms with Crippen molar-refractivity contribution < 1.29 is 9.13 Å². The van der Waals surface area contributed by atoms with Gasteiger partial charge in [-0.15, -0.1) is 0 Å². The van der Waals surface area contributed by atoms with Crippen molar-refractivity contribution in [3.63, 3.8) is 0 Å². The Morgan fingerprint density at radius 3 is 1.00 bits per heavy atom. The van der Waals surface area contributed by atoms with Gasteiger partial charge in [0.05, 0.1) is 0 Å². The van der Waals surface area contributed by atoms with E-state index in [2.05, 4.69) is 19.9 Å². The van der Waals surface area contributed by atoms with E-state index in [1.54, 1.807) is 122 Å². The molecular weight excluding hydrogens is 462 g/mol. The highest BCUT2D eigenvalue weighted by Crippen LogP contribution is 2.44. The lowest BCUT2D eigenvalue weighted by Crippen LogP contribution is -2.33. The minimum atomic E-state index is -3.44. The molecule has 0 fully saturated rings. The average molecular weight is 482 g/mol. The summed E-state index contributed by atoms with van der Waals surface area (Å²) in [5.74, 6) is 0. The van der Waals surface area contributed by atoms with Crippen LogP contribution in [-0.2, 0) is 9.13 Å². The fourth-order valence-corrected chi connectivity index (χ4v) is 8.77. The van der Waals surface area contributed by atoms with Gasteiger partial charge in [-0.3, -0.25) is 19.9 Å². The Morgan fingerprint density at radius 2 is 0.735 bits per heavy atom. The van der Waals surface area contributed by atoms with Crippen LogP contribution in [0, 0.1) is 0 Å². The Bertz CT molecular complexity index is 1300. The van der Waals surface area contributed by atoms with Gasteiger partial charge in [0.25, 0.3) is 0 Å². The molecule has 6 nitrogen and oxygen atoms in total. The van der Waals surface area contributed by atoms with Crippen LogP contribution in [0.3, 0.4) is 0 Å². The van der Waals surface area contributed by atoms with Crippen molar-refractivity contribution in [2.75, 3.05) is 0 Å². The smallest absolute Gasteiger partial charge is 0.205 e. The van der Waals surface area contributed by atoms with E-state index in [9.17, 15) is 9.13 Å². The van der Waals surface area contributed by atoms with Crippen LogP contribution in [-0.4, -0.2) is 19.9 Å². The maximum Gasteiger partial charge on any atom is 0.205 e. The second-order valence-corrected chi connectivity index (χ2v) is 12.8. The maximum absolute atomic E-state index is 14.7.